The summed E-state index contributed by atoms with van der Waals surface area (Å²) in [7, 11) is 3.38. The van der Waals surface area contributed by atoms with Gasteiger partial charge in [0.25, 0.3) is 0 Å². The number of aliphatic hydroxyl groups is 2. The van der Waals surface area contributed by atoms with Gasteiger partial charge < -0.3 is 36.2 Å². The number of aliphatic hydroxyl groups excluding tert-OH is 2. The lowest BCUT2D eigenvalue weighted by atomic mass is 9.87. The Morgan fingerprint density at radius 3 is 2.49 bits per heavy atom. The van der Waals surface area contributed by atoms with Crippen LogP contribution in [0.1, 0.15) is 52.3 Å². The van der Waals surface area contributed by atoms with Gasteiger partial charge in [-0.3, -0.25) is 4.57 Å². The van der Waals surface area contributed by atoms with Crippen LogP contribution < -0.4 is 16.4 Å². The second kappa shape index (κ2) is 13.2. The smallest absolute Gasteiger partial charge is 0.319 e. The highest BCUT2D eigenvalue weighted by Crippen LogP contribution is 2.24. The predicted molar refractivity (Wildman–Crippen MR) is 151 cm³/mol. The fraction of sp³-hybridized carbons (Fsp3) is 0.556. The molecule has 0 aliphatic rings. The lowest BCUT2D eigenvalue weighted by Crippen LogP contribution is -2.44. The first kappa shape index (κ1) is 30.2. The average Bonchev–Trinajstić information content (AvgIpc) is 3.34. The Hall–Kier alpha value is -3.32. The van der Waals surface area contributed by atoms with Crippen LogP contribution in [0.25, 0.3) is 11.2 Å². The molecule has 4 atom stereocenters. The number of ether oxygens (including phenoxy) is 1. The Bertz CT molecular complexity index is 1210. The Balaban J connectivity index is 1.51. The highest BCUT2D eigenvalue weighted by Gasteiger charge is 2.30. The number of hydrogen-bond donors (Lipinski definition) is 5. The van der Waals surface area contributed by atoms with E-state index in [-0.39, 0.29) is 23.3 Å². The summed E-state index contributed by atoms with van der Waals surface area (Å²) in [6, 6.07) is 7.58. The number of nitrogens with one attached hydrogen (secondary N) is 2. The van der Waals surface area contributed by atoms with Gasteiger partial charge >= 0.3 is 6.03 Å². The van der Waals surface area contributed by atoms with E-state index in [1.165, 1.54) is 29.9 Å². The van der Waals surface area contributed by atoms with Gasteiger partial charge in [-0.25, -0.2) is 19.7 Å². The Morgan fingerprint density at radius 2 is 1.87 bits per heavy atom. The summed E-state index contributed by atoms with van der Waals surface area (Å²) in [4.78, 5) is 26.7. The second-order valence-corrected chi connectivity index (χ2v) is 10.8. The number of nitrogen functional groups attached to an aromatic ring is 1. The number of rotatable bonds is 12. The molecule has 0 fully saturated rings. The number of imidazole rings is 1. The van der Waals surface area contributed by atoms with Crippen molar-refractivity contribution in [3.63, 3.8) is 0 Å². The zero-order valence-corrected chi connectivity index (χ0v) is 23.6. The zero-order valence-electron chi connectivity index (χ0n) is 23.6. The molecule has 2 amide bonds. The maximum atomic E-state index is 12.6. The number of methoxy groups -OCH3 is 1. The Labute approximate surface area is 229 Å². The van der Waals surface area contributed by atoms with Gasteiger partial charge in [0.2, 0.25) is 0 Å². The van der Waals surface area contributed by atoms with Crippen LogP contribution in [-0.2, 0) is 10.2 Å². The number of benzene rings is 1. The quantitative estimate of drug-likeness (QED) is 0.231. The predicted octanol–water partition coefficient (Wildman–Crippen LogP) is 2.50. The van der Waals surface area contributed by atoms with Crippen molar-refractivity contribution in [3.05, 3.63) is 42.5 Å². The number of carbonyl (C=O) groups is 1. The first-order valence-corrected chi connectivity index (χ1v) is 13.1. The van der Waals surface area contributed by atoms with Crippen molar-refractivity contribution in [1.29, 1.82) is 0 Å². The van der Waals surface area contributed by atoms with Gasteiger partial charge in [0.05, 0.1) is 6.33 Å². The molecule has 0 bridgehead atoms. The van der Waals surface area contributed by atoms with Crippen LogP contribution in [-0.4, -0.2) is 86.2 Å². The number of aromatic nitrogens is 4. The van der Waals surface area contributed by atoms with Crippen LogP contribution in [0.5, 0.6) is 0 Å². The summed E-state index contributed by atoms with van der Waals surface area (Å²) < 4.78 is 6.85. The summed E-state index contributed by atoms with van der Waals surface area (Å²) in [6.07, 6.45) is 0.780. The van der Waals surface area contributed by atoms with Gasteiger partial charge in [0.1, 0.15) is 24.1 Å². The van der Waals surface area contributed by atoms with Gasteiger partial charge in [0.15, 0.2) is 17.7 Å². The highest BCUT2D eigenvalue weighted by atomic mass is 16.5. The van der Waals surface area contributed by atoms with Crippen molar-refractivity contribution < 1.29 is 19.7 Å². The van der Waals surface area contributed by atoms with E-state index in [2.05, 4.69) is 46.4 Å². The van der Waals surface area contributed by atoms with Crippen LogP contribution in [0, 0.1) is 0 Å². The minimum atomic E-state index is -1.35. The molecule has 0 saturated heterocycles. The third-order valence-corrected chi connectivity index (χ3v) is 6.85. The number of fused-ring (bicyclic) bond motifs is 1. The minimum absolute atomic E-state index is 0.0414. The molecule has 0 saturated carbocycles. The largest absolute Gasteiger partial charge is 0.386 e. The normalized spacial score (nSPS) is 15.2. The molecule has 0 radical (unpaired) electrons. The third kappa shape index (κ3) is 7.85. The average molecular weight is 543 g/mol. The van der Waals surface area contributed by atoms with Gasteiger partial charge in [-0.1, -0.05) is 39.8 Å². The number of likely N-dealkylation sites (N-methyl/N-ethyl adjacent to an activating group) is 1. The van der Waals surface area contributed by atoms with Crippen molar-refractivity contribution in [1.82, 2.24) is 29.7 Å². The Morgan fingerprint density at radius 1 is 1.18 bits per heavy atom. The second-order valence-electron chi connectivity index (χ2n) is 10.8. The molecule has 3 aromatic rings. The first-order valence-electron chi connectivity index (χ1n) is 13.1. The van der Waals surface area contributed by atoms with Crippen molar-refractivity contribution in [2.75, 3.05) is 38.3 Å². The molecule has 0 spiro atoms. The molecule has 0 aliphatic heterocycles. The number of nitrogens with two attached hydrogens (primary N) is 1. The topological polar surface area (TPSA) is 164 Å². The number of anilines is 2. The molecule has 2 aromatic heterocycles. The molecule has 4 unspecified atom stereocenters. The fourth-order valence-corrected chi connectivity index (χ4v) is 4.30. The molecular formula is C27H42N8O4. The van der Waals surface area contributed by atoms with Crippen molar-refractivity contribution in [2.24, 2.45) is 0 Å². The summed E-state index contributed by atoms with van der Waals surface area (Å²) in [5, 5.41) is 27.6. The summed E-state index contributed by atoms with van der Waals surface area (Å²) >= 11 is 0. The lowest BCUT2D eigenvalue weighted by Gasteiger charge is -2.30. The lowest BCUT2D eigenvalue weighted by molar-refractivity contribution is -0.108. The number of carbonyl (C=O) groups excluding carboxylic acids is 1. The molecule has 12 heteroatoms. The minimum Gasteiger partial charge on any atom is -0.386 e. The number of amides is 2. The Kier molecular flexibility index (Phi) is 10.2. The van der Waals surface area contributed by atoms with Gasteiger partial charge in [-0.05, 0) is 49.5 Å². The van der Waals surface area contributed by atoms with Crippen LogP contribution >= 0.6 is 0 Å². The van der Waals surface area contributed by atoms with Gasteiger partial charge in [-0.15, -0.1) is 0 Å². The number of urea groups is 1. The molecular weight excluding hydrogens is 500 g/mol. The molecule has 12 nitrogen and oxygen atoms in total. The van der Waals surface area contributed by atoms with Crippen LogP contribution in [0.3, 0.4) is 0 Å². The van der Waals surface area contributed by atoms with Crippen molar-refractivity contribution in [2.45, 2.75) is 70.4 Å². The summed E-state index contributed by atoms with van der Waals surface area (Å²) in [5.41, 5.74) is 8.47. The van der Waals surface area contributed by atoms with E-state index in [0.29, 0.717) is 30.7 Å². The van der Waals surface area contributed by atoms with Crippen LogP contribution in [0.4, 0.5) is 16.3 Å². The van der Waals surface area contributed by atoms with Crippen LogP contribution in [0.15, 0.2) is 36.9 Å². The van der Waals surface area contributed by atoms with Crippen molar-refractivity contribution in [3.8, 4) is 0 Å². The van der Waals surface area contributed by atoms with E-state index in [4.69, 9.17) is 10.5 Å². The van der Waals surface area contributed by atoms with Crippen LogP contribution in [0.2, 0.25) is 0 Å². The van der Waals surface area contributed by atoms with Gasteiger partial charge in [-0.2, -0.15) is 0 Å². The van der Waals surface area contributed by atoms with E-state index in [1.807, 2.05) is 43.1 Å². The standard InChI is InChI=1S/C27H42N8O4/c1-7-18(32-26(38)33-19-10-8-17(9-11-19)27(2,3)4)12-13-34(5)14-20(39-6)22(36)25(37)35-16-31-21-23(28)29-15-30-24(21)35/h8-11,15-16,18,20,22,25,36-37H,7,12-14H2,1-6H3,(H2,28,29,30)(H2,32,33,38). The molecule has 3 rings (SSSR count). The molecule has 6 N–H and O–H groups in total. The van der Waals surface area contributed by atoms with E-state index >= 15 is 0 Å². The maximum Gasteiger partial charge on any atom is 0.319 e. The van der Waals surface area contributed by atoms with Gasteiger partial charge in [0, 0.05) is 25.4 Å². The third-order valence-electron chi connectivity index (χ3n) is 6.85. The maximum absolute atomic E-state index is 12.6. The molecule has 214 valence electrons. The highest BCUT2D eigenvalue weighted by molar-refractivity contribution is 5.89. The van der Waals surface area contributed by atoms with E-state index < -0.39 is 18.4 Å². The summed E-state index contributed by atoms with van der Waals surface area (Å²) in [6.45, 7) is 9.45. The number of hydrogen-bond acceptors (Lipinski definition) is 9. The molecule has 39 heavy (non-hydrogen) atoms. The first-order chi connectivity index (χ1) is 18.4. The zero-order chi connectivity index (χ0) is 28.7. The summed E-state index contributed by atoms with van der Waals surface area (Å²) in [5.74, 6) is 0.190. The fourth-order valence-electron chi connectivity index (χ4n) is 4.30. The monoisotopic (exact) mass is 542 g/mol. The molecule has 1 aromatic carbocycles. The SMILES string of the molecule is CCC(CCN(C)CC(OC)C(O)C(O)n1cnc2c(N)ncnc21)NC(=O)Nc1ccc(C(C)(C)C)cc1. The number of nitrogens with zero attached hydrogens (tertiary/aromatic N) is 5. The van der Waals surface area contributed by atoms with E-state index in [0.717, 1.165) is 12.1 Å². The molecule has 2 heterocycles. The van der Waals surface area contributed by atoms with E-state index in [1.54, 1.807) is 0 Å². The molecule has 0 aliphatic carbocycles. The van der Waals surface area contributed by atoms with E-state index in [9.17, 15) is 15.0 Å². The van der Waals surface area contributed by atoms with Crippen molar-refractivity contribution >= 4 is 28.7 Å².